The first-order valence-corrected chi connectivity index (χ1v) is 9.69. The van der Waals surface area contributed by atoms with E-state index >= 15 is 0 Å². The number of aliphatic hydroxyl groups is 3. The zero-order valence-electron chi connectivity index (χ0n) is 15.5. The van der Waals surface area contributed by atoms with Crippen LogP contribution in [-0.4, -0.2) is 45.2 Å². The molecule has 0 aromatic carbocycles. The van der Waals surface area contributed by atoms with Crippen LogP contribution in [0.1, 0.15) is 52.4 Å². The fraction of sp³-hybridized carbons (Fsp3) is 0.714. The summed E-state index contributed by atoms with van der Waals surface area (Å²) >= 11 is 0. The maximum Gasteiger partial charge on any atom is 0.193 e. The van der Waals surface area contributed by atoms with E-state index in [1.165, 1.54) is 5.57 Å². The van der Waals surface area contributed by atoms with Gasteiger partial charge in [0.25, 0.3) is 0 Å². The van der Waals surface area contributed by atoms with Gasteiger partial charge in [-0.2, -0.15) is 0 Å². The van der Waals surface area contributed by atoms with Gasteiger partial charge in [-0.05, 0) is 55.4 Å². The minimum Gasteiger partial charge on any atom is -0.388 e. The van der Waals surface area contributed by atoms with E-state index < -0.39 is 29.5 Å². The highest BCUT2D eigenvalue weighted by Gasteiger charge is 2.66. The van der Waals surface area contributed by atoms with E-state index in [1.807, 2.05) is 13.0 Å². The molecule has 4 rings (SSSR count). The van der Waals surface area contributed by atoms with Gasteiger partial charge in [0.2, 0.25) is 0 Å². The number of aliphatic hydroxyl groups excluding tert-OH is 2. The number of fused-ring (bicyclic) bond motifs is 5. The molecular weight excluding hydrogens is 332 g/mol. The summed E-state index contributed by atoms with van der Waals surface area (Å²) in [6, 6.07) is 0. The molecule has 0 heterocycles. The molecule has 0 bridgehead atoms. The highest BCUT2D eigenvalue weighted by Crippen LogP contribution is 2.65. The lowest BCUT2D eigenvalue weighted by Gasteiger charge is -2.57. The lowest BCUT2D eigenvalue weighted by atomic mass is 9.47. The van der Waals surface area contributed by atoms with E-state index in [-0.39, 0.29) is 17.1 Å². The summed E-state index contributed by atoms with van der Waals surface area (Å²) in [5.41, 5.74) is -0.579. The van der Waals surface area contributed by atoms with E-state index in [4.69, 9.17) is 0 Å². The Bertz CT molecular complexity index is 737. The molecular formula is C21H28O5. The number of carbonyl (C=O) groups excluding carboxylic acids is 2. The van der Waals surface area contributed by atoms with Crippen LogP contribution < -0.4 is 0 Å². The molecule has 4 aliphatic carbocycles. The number of allylic oxidation sites excluding steroid dienone is 2. The molecule has 4 aliphatic rings. The first-order valence-electron chi connectivity index (χ1n) is 9.69. The maximum atomic E-state index is 12.4. The first-order chi connectivity index (χ1) is 12.2. The number of rotatable bonds is 2. The predicted octanol–water partition coefficient (Wildman–Crippen LogP) is 1.70. The van der Waals surface area contributed by atoms with E-state index in [0.29, 0.717) is 18.8 Å². The van der Waals surface area contributed by atoms with E-state index in [0.717, 1.165) is 31.3 Å². The van der Waals surface area contributed by atoms with Crippen LogP contribution in [0.2, 0.25) is 0 Å². The Morgan fingerprint density at radius 2 is 1.96 bits per heavy atom. The van der Waals surface area contributed by atoms with Crippen LogP contribution in [0.4, 0.5) is 0 Å². The third-order valence-electron chi connectivity index (χ3n) is 8.16. The maximum absolute atomic E-state index is 12.4. The Hall–Kier alpha value is -1.30. The van der Waals surface area contributed by atoms with Crippen LogP contribution in [0.15, 0.2) is 23.3 Å². The molecule has 0 aromatic heterocycles. The Morgan fingerprint density at radius 3 is 2.65 bits per heavy atom. The van der Waals surface area contributed by atoms with Gasteiger partial charge in [-0.1, -0.05) is 31.1 Å². The van der Waals surface area contributed by atoms with E-state index in [1.54, 1.807) is 6.08 Å². The molecule has 2 fully saturated rings. The average Bonchev–Trinajstić information content (AvgIpc) is 2.83. The van der Waals surface area contributed by atoms with Crippen LogP contribution in [0, 0.1) is 22.7 Å². The third kappa shape index (κ3) is 2.02. The van der Waals surface area contributed by atoms with Crippen molar-refractivity contribution in [3.63, 3.8) is 0 Å². The molecule has 0 saturated heterocycles. The monoisotopic (exact) mass is 360 g/mol. The molecule has 6 atom stereocenters. The molecule has 0 amide bonds. The number of hydrogen-bond donors (Lipinski definition) is 3. The van der Waals surface area contributed by atoms with Gasteiger partial charge in [-0.25, -0.2) is 0 Å². The zero-order valence-corrected chi connectivity index (χ0v) is 15.5. The molecule has 2 saturated carbocycles. The van der Waals surface area contributed by atoms with E-state index in [9.17, 15) is 24.9 Å². The number of carbonyl (C=O) groups is 2. The molecule has 5 heteroatoms. The normalized spacial score (nSPS) is 47.4. The summed E-state index contributed by atoms with van der Waals surface area (Å²) < 4.78 is 0. The van der Waals surface area contributed by atoms with Crippen molar-refractivity contribution in [1.82, 2.24) is 0 Å². The summed E-state index contributed by atoms with van der Waals surface area (Å²) in [6.07, 6.45) is 6.83. The highest BCUT2D eigenvalue weighted by atomic mass is 16.4. The molecule has 3 N–H and O–H groups in total. The minimum atomic E-state index is -1.94. The summed E-state index contributed by atoms with van der Waals surface area (Å²) in [4.78, 5) is 24.2. The predicted molar refractivity (Wildman–Crippen MR) is 95.1 cm³/mol. The van der Waals surface area contributed by atoms with Gasteiger partial charge >= 0.3 is 0 Å². The van der Waals surface area contributed by atoms with Crippen molar-refractivity contribution in [2.45, 2.75) is 64.1 Å². The van der Waals surface area contributed by atoms with Crippen molar-refractivity contribution in [2.75, 3.05) is 6.61 Å². The van der Waals surface area contributed by atoms with Gasteiger partial charge < -0.3 is 15.3 Å². The second-order valence-electron chi connectivity index (χ2n) is 9.09. The van der Waals surface area contributed by atoms with Crippen LogP contribution in [-0.2, 0) is 9.59 Å². The lowest BCUT2D eigenvalue weighted by Crippen LogP contribution is -2.60. The van der Waals surface area contributed by atoms with Crippen molar-refractivity contribution in [2.24, 2.45) is 22.7 Å². The zero-order chi connectivity index (χ0) is 18.9. The van der Waals surface area contributed by atoms with Gasteiger partial charge in [0.1, 0.15) is 12.7 Å². The van der Waals surface area contributed by atoms with Crippen LogP contribution >= 0.6 is 0 Å². The van der Waals surface area contributed by atoms with Crippen molar-refractivity contribution < 1.29 is 24.9 Å². The molecule has 0 spiro atoms. The molecule has 0 radical (unpaired) electrons. The van der Waals surface area contributed by atoms with Gasteiger partial charge in [-0.15, -0.1) is 0 Å². The minimum absolute atomic E-state index is 0.0222. The Morgan fingerprint density at radius 1 is 1.23 bits per heavy atom. The lowest BCUT2D eigenvalue weighted by molar-refractivity contribution is -0.168. The first kappa shape index (κ1) is 18.1. The van der Waals surface area contributed by atoms with Crippen molar-refractivity contribution in [3.05, 3.63) is 23.3 Å². The second-order valence-corrected chi connectivity index (χ2v) is 9.09. The number of ketones is 2. The molecule has 0 aromatic rings. The van der Waals surface area contributed by atoms with Gasteiger partial charge in [-0.3, -0.25) is 9.59 Å². The van der Waals surface area contributed by atoms with Crippen LogP contribution in [0.25, 0.3) is 0 Å². The van der Waals surface area contributed by atoms with E-state index in [2.05, 4.69) is 6.92 Å². The highest BCUT2D eigenvalue weighted by molar-refractivity contribution is 5.92. The van der Waals surface area contributed by atoms with Crippen LogP contribution in [0.5, 0.6) is 0 Å². The smallest absolute Gasteiger partial charge is 0.193 e. The summed E-state index contributed by atoms with van der Waals surface area (Å²) in [7, 11) is 0. The second kappa shape index (κ2) is 5.60. The average molecular weight is 360 g/mol. The van der Waals surface area contributed by atoms with Gasteiger partial charge in [0, 0.05) is 11.8 Å². The van der Waals surface area contributed by atoms with Crippen molar-refractivity contribution in [3.8, 4) is 0 Å². The molecule has 142 valence electrons. The fourth-order valence-corrected chi connectivity index (χ4v) is 6.53. The largest absolute Gasteiger partial charge is 0.388 e. The Labute approximate surface area is 153 Å². The molecule has 26 heavy (non-hydrogen) atoms. The fourth-order valence-electron chi connectivity index (χ4n) is 6.53. The molecule has 1 unspecified atom stereocenters. The Balaban J connectivity index is 1.74. The van der Waals surface area contributed by atoms with Crippen molar-refractivity contribution in [1.29, 1.82) is 0 Å². The summed E-state index contributed by atoms with van der Waals surface area (Å²) in [5.74, 6) is 0.0611. The van der Waals surface area contributed by atoms with Crippen molar-refractivity contribution >= 4 is 11.6 Å². The molecule has 0 aliphatic heterocycles. The Kier molecular flexibility index (Phi) is 3.89. The third-order valence-corrected chi connectivity index (χ3v) is 8.16. The van der Waals surface area contributed by atoms with Gasteiger partial charge in [0.05, 0.1) is 0 Å². The summed E-state index contributed by atoms with van der Waals surface area (Å²) in [5, 5.41) is 31.0. The standard InChI is InChI=1S/C21H28O5/c1-19-7-5-13(23)9-12(19)3-4-14-15(19)6-8-20(2)16(14)10-17(24)21(20,26)18(25)11-22/h9-10,14-15,17,22,24,26H,3-8,11H2,1-2H3/t14-,15+,17?,19+,20+,21+/m1/s1. The number of hydrogen-bond acceptors (Lipinski definition) is 5. The van der Waals surface area contributed by atoms with Gasteiger partial charge in [0.15, 0.2) is 17.2 Å². The topological polar surface area (TPSA) is 94.8 Å². The quantitative estimate of drug-likeness (QED) is 0.652. The number of Topliss-reactive ketones (excluding diaryl/α,β-unsaturated/α-hetero) is 1. The summed E-state index contributed by atoms with van der Waals surface area (Å²) in [6.45, 7) is 3.34. The van der Waals surface area contributed by atoms with Crippen LogP contribution in [0.3, 0.4) is 0 Å². The SMILES string of the molecule is C[C@]12CCC(=O)C=C1CC[C@H]1C3=CC(O)[C@](O)(C(=O)CO)[C@@]3(C)CC[C@@H]12. The molecule has 5 nitrogen and oxygen atoms in total.